The first-order valence-corrected chi connectivity index (χ1v) is 9.14. The molecule has 2 aromatic rings. The summed E-state index contributed by atoms with van der Waals surface area (Å²) in [6.45, 7) is 0. The predicted octanol–water partition coefficient (Wildman–Crippen LogP) is 3.24. The van der Waals surface area contributed by atoms with E-state index >= 15 is 0 Å². The Bertz CT molecular complexity index is 744. The number of nitrogens with one attached hydrogen (secondary N) is 1. The Morgan fingerprint density at radius 3 is 2.81 bits per heavy atom. The zero-order valence-electron chi connectivity index (χ0n) is 11.2. The molecular weight excluding hydrogens is 330 g/mol. The summed E-state index contributed by atoms with van der Waals surface area (Å²) in [5.74, 6) is 0.743. The number of rotatable bonds is 5. The summed E-state index contributed by atoms with van der Waals surface area (Å²) in [5, 5.41) is 2.29. The molecule has 7 heteroatoms. The lowest BCUT2D eigenvalue weighted by molar-refractivity contribution is 0.414. The highest BCUT2D eigenvalue weighted by molar-refractivity contribution is 7.89. The molecule has 0 spiro atoms. The topological polar surface area (TPSA) is 55.4 Å². The van der Waals surface area contributed by atoms with E-state index in [2.05, 4.69) is 4.72 Å². The second-order valence-corrected chi connectivity index (χ2v) is 7.98. The summed E-state index contributed by atoms with van der Waals surface area (Å²) in [6, 6.07) is 8.44. The summed E-state index contributed by atoms with van der Waals surface area (Å²) in [6.07, 6.45) is 0.837. The van der Waals surface area contributed by atoms with E-state index in [9.17, 15) is 8.42 Å². The van der Waals surface area contributed by atoms with E-state index < -0.39 is 10.0 Å². The van der Waals surface area contributed by atoms with E-state index in [1.165, 1.54) is 24.1 Å². The Labute approximate surface area is 132 Å². The van der Waals surface area contributed by atoms with E-state index in [1.54, 1.807) is 17.4 Å². The fourth-order valence-electron chi connectivity index (χ4n) is 2.22. The lowest BCUT2D eigenvalue weighted by atomic mass is 10.3. The van der Waals surface area contributed by atoms with Crippen LogP contribution < -0.4 is 9.46 Å². The molecule has 0 bridgehead atoms. The highest BCUT2D eigenvalue weighted by Gasteiger charge is 2.42. The van der Waals surface area contributed by atoms with E-state index in [-0.39, 0.29) is 21.9 Å². The third-order valence-corrected chi connectivity index (χ3v) is 6.23. The molecule has 112 valence electrons. The van der Waals surface area contributed by atoms with Crippen molar-refractivity contribution in [3.8, 4) is 5.75 Å². The van der Waals surface area contributed by atoms with Crippen molar-refractivity contribution >= 4 is 33.0 Å². The van der Waals surface area contributed by atoms with Crippen LogP contribution in [0.1, 0.15) is 17.2 Å². The Morgan fingerprint density at radius 2 is 2.19 bits per heavy atom. The number of halogens is 1. The van der Waals surface area contributed by atoms with Crippen LogP contribution in [0.2, 0.25) is 5.02 Å². The fourth-order valence-corrected chi connectivity index (χ4v) is 4.77. The number of methoxy groups -OCH3 is 1. The van der Waals surface area contributed by atoms with Gasteiger partial charge in [-0.1, -0.05) is 17.7 Å². The standard InChI is InChI=1S/C14H14ClNO3S2/c1-19-13-5-4-9(7-11(13)15)21(17,18)16-12-8-10(12)14-3-2-6-20-14/h2-7,10,12,16H,8H2,1H3. The smallest absolute Gasteiger partial charge is 0.240 e. The fraction of sp³-hybridized carbons (Fsp3) is 0.286. The average molecular weight is 344 g/mol. The molecule has 21 heavy (non-hydrogen) atoms. The zero-order valence-corrected chi connectivity index (χ0v) is 13.6. The van der Waals surface area contributed by atoms with Crippen LogP contribution in [0.3, 0.4) is 0 Å². The number of benzene rings is 1. The Kier molecular flexibility index (Phi) is 3.96. The maximum atomic E-state index is 12.3. The van der Waals surface area contributed by atoms with Gasteiger partial charge in [0, 0.05) is 16.8 Å². The number of thiophene rings is 1. The number of hydrogen-bond donors (Lipinski definition) is 1. The third-order valence-electron chi connectivity index (χ3n) is 3.44. The Hall–Kier alpha value is -1.08. The molecule has 1 heterocycles. The van der Waals surface area contributed by atoms with Crippen LogP contribution in [-0.4, -0.2) is 21.6 Å². The van der Waals surface area contributed by atoms with Crippen LogP contribution >= 0.6 is 22.9 Å². The van der Waals surface area contributed by atoms with Crippen LogP contribution in [0.5, 0.6) is 5.75 Å². The minimum absolute atomic E-state index is 0.0328. The average Bonchev–Trinajstić information content (AvgIpc) is 2.99. The van der Waals surface area contributed by atoms with Gasteiger partial charge in [0.15, 0.2) is 0 Å². The van der Waals surface area contributed by atoms with Gasteiger partial charge in [-0.05, 0) is 36.1 Å². The van der Waals surface area contributed by atoms with Crippen LogP contribution in [0, 0.1) is 0 Å². The molecule has 1 N–H and O–H groups in total. The molecule has 3 rings (SSSR count). The predicted molar refractivity (Wildman–Crippen MR) is 83.8 cm³/mol. The van der Waals surface area contributed by atoms with Gasteiger partial charge in [0.05, 0.1) is 17.0 Å². The SMILES string of the molecule is COc1ccc(S(=O)(=O)NC2CC2c2cccs2)cc1Cl. The first-order valence-electron chi connectivity index (χ1n) is 6.40. The van der Waals surface area contributed by atoms with Gasteiger partial charge in [-0.25, -0.2) is 13.1 Å². The lowest BCUT2D eigenvalue weighted by Crippen LogP contribution is -2.26. The van der Waals surface area contributed by atoms with Crippen LogP contribution in [0.15, 0.2) is 40.6 Å². The van der Waals surface area contributed by atoms with Crippen molar-refractivity contribution in [1.82, 2.24) is 4.72 Å². The minimum Gasteiger partial charge on any atom is -0.495 e. The van der Waals surface area contributed by atoms with E-state index in [1.807, 2.05) is 17.5 Å². The number of ether oxygens (including phenoxy) is 1. The maximum Gasteiger partial charge on any atom is 0.240 e. The van der Waals surface area contributed by atoms with Gasteiger partial charge < -0.3 is 4.74 Å². The Morgan fingerprint density at radius 1 is 1.38 bits per heavy atom. The Balaban J connectivity index is 1.75. The monoisotopic (exact) mass is 343 g/mol. The van der Waals surface area contributed by atoms with Crippen molar-refractivity contribution in [2.45, 2.75) is 23.3 Å². The van der Waals surface area contributed by atoms with Gasteiger partial charge in [-0.3, -0.25) is 0 Å². The quantitative estimate of drug-likeness (QED) is 0.906. The highest BCUT2D eigenvalue weighted by Crippen LogP contribution is 2.43. The zero-order chi connectivity index (χ0) is 15.0. The van der Waals surface area contributed by atoms with Crippen molar-refractivity contribution in [2.24, 2.45) is 0 Å². The lowest BCUT2D eigenvalue weighted by Gasteiger charge is -2.08. The van der Waals surface area contributed by atoms with E-state index in [4.69, 9.17) is 16.3 Å². The van der Waals surface area contributed by atoms with E-state index in [0.717, 1.165) is 6.42 Å². The minimum atomic E-state index is -3.55. The molecule has 1 aliphatic carbocycles. The molecule has 0 amide bonds. The molecule has 1 saturated carbocycles. The summed E-state index contributed by atoms with van der Waals surface area (Å²) < 4.78 is 32.4. The normalized spacial score (nSPS) is 21.2. The summed E-state index contributed by atoms with van der Waals surface area (Å²) in [4.78, 5) is 1.38. The molecule has 2 unspecified atom stereocenters. The highest BCUT2D eigenvalue weighted by atomic mass is 35.5. The van der Waals surface area contributed by atoms with Gasteiger partial charge in [-0.15, -0.1) is 11.3 Å². The second kappa shape index (κ2) is 5.61. The van der Waals surface area contributed by atoms with Crippen molar-refractivity contribution in [3.63, 3.8) is 0 Å². The van der Waals surface area contributed by atoms with E-state index in [0.29, 0.717) is 5.75 Å². The van der Waals surface area contributed by atoms with Gasteiger partial charge in [0.1, 0.15) is 5.75 Å². The summed E-state index contributed by atoms with van der Waals surface area (Å²) in [5.41, 5.74) is 0. The number of sulfonamides is 1. The van der Waals surface area contributed by atoms with Gasteiger partial charge in [0.2, 0.25) is 10.0 Å². The van der Waals surface area contributed by atoms with Gasteiger partial charge in [-0.2, -0.15) is 0 Å². The molecule has 0 aliphatic heterocycles. The maximum absolute atomic E-state index is 12.3. The molecule has 1 aromatic heterocycles. The summed E-state index contributed by atoms with van der Waals surface area (Å²) in [7, 11) is -2.06. The largest absolute Gasteiger partial charge is 0.495 e. The molecule has 1 aromatic carbocycles. The van der Waals surface area contributed by atoms with Crippen LogP contribution in [-0.2, 0) is 10.0 Å². The molecule has 0 saturated heterocycles. The van der Waals surface area contributed by atoms with Crippen molar-refractivity contribution < 1.29 is 13.2 Å². The molecular formula is C14H14ClNO3S2. The van der Waals surface area contributed by atoms with Gasteiger partial charge in [0.25, 0.3) is 0 Å². The van der Waals surface area contributed by atoms with Crippen LogP contribution in [0.4, 0.5) is 0 Å². The van der Waals surface area contributed by atoms with Crippen LogP contribution in [0.25, 0.3) is 0 Å². The first-order chi connectivity index (χ1) is 10.0. The second-order valence-electron chi connectivity index (χ2n) is 4.88. The first kappa shape index (κ1) is 14.8. The third kappa shape index (κ3) is 3.08. The van der Waals surface area contributed by atoms with Crippen molar-refractivity contribution in [2.75, 3.05) is 7.11 Å². The van der Waals surface area contributed by atoms with Gasteiger partial charge >= 0.3 is 0 Å². The number of hydrogen-bond acceptors (Lipinski definition) is 4. The summed E-state index contributed by atoms with van der Waals surface area (Å²) >= 11 is 7.64. The molecule has 2 atom stereocenters. The van der Waals surface area contributed by atoms with Crippen molar-refractivity contribution in [1.29, 1.82) is 0 Å². The van der Waals surface area contributed by atoms with Crippen molar-refractivity contribution in [3.05, 3.63) is 45.6 Å². The molecule has 4 nitrogen and oxygen atoms in total. The molecule has 0 radical (unpaired) electrons. The molecule has 1 aliphatic rings. The molecule has 1 fully saturated rings.